The number of aromatic nitrogens is 2. The molecule has 2 heterocycles. The van der Waals surface area contributed by atoms with E-state index >= 15 is 0 Å². The number of aliphatic hydroxyl groups is 1. The number of aliphatic hydroxyl groups excluding tert-OH is 1. The second-order valence-electron chi connectivity index (χ2n) is 4.53. The molecule has 2 rings (SSSR count). The van der Waals surface area contributed by atoms with Crippen LogP contribution in [-0.2, 0) is 19.4 Å². The molecule has 0 aliphatic carbocycles. The highest BCUT2D eigenvalue weighted by molar-refractivity contribution is 6.31. The van der Waals surface area contributed by atoms with Gasteiger partial charge in [0, 0.05) is 18.5 Å². The first kappa shape index (κ1) is 14.2. The van der Waals surface area contributed by atoms with Crippen molar-refractivity contribution in [3.63, 3.8) is 0 Å². The van der Waals surface area contributed by atoms with Gasteiger partial charge in [0.25, 0.3) is 0 Å². The smallest absolute Gasteiger partial charge is 0.106 e. The van der Waals surface area contributed by atoms with Crippen LogP contribution in [0.4, 0.5) is 0 Å². The van der Waals surface area contributed by atoms with E-state index in [1.54, 1.807) is 12.3 Å². The first-order valence-electron chi connectivity index (χ1n) is 6.54. The lowest BCUT2D eigenvalue weighted by Gasteiger charge is -2.11. The van der Waals surface area contributed by atoms with Crippen LogP contribution in [0.25, 0.3) is 0 Å². The van der Waals surface area contributed by atoms with Crippen molar-refractivity contribution in [2.24, 2.45) is 0 Å². The Balaban J connectivity index is 2.28. The maximum absolute atomic E-state index is 10.3. The van der Waals surface area contributed by atoms with Crippen molar-refractivity contribution in [3.05, 3.63) is 40.1 Å². The van der Waals surface area contributed by atoms with Crippen LogP contribution in [0.15, 0.2) is 16.7 Å². The largest absolute Gasteiger partial charge is 0.469 e. The summed E-state index contributed by atoms with van der Waals surface area (Å²) in [5.74, 6) is 0.738. The number of furan rings is 1. The van der Waals surface area contributed by atoms with E-state index in [0.29, 0.717) is 11.4 Å². The molecule has 1 atom stereocenters. The first-order valence-corrected chi connectivity index (χ1v) is 6.92. The van der Waals surface area contributed by atoms with Crippen molar-refractivity contribution in [3.8, 4) is 0 Å². The standard InChI is InChI=1S/C14H19ClN2O2/c1-4-11-14(15)12(17(5-2)16-11)8-13(18)10-6-7-19-9(10)3/h6-7,13,18H,4-5,8H2,1-3H3. The van der Waals surface area contributed by atoms with Gasteiger partial charge in [-0.1, -0.05) is 18.5 Å². The average molecular weight is 283 g/mol. The lowest BCUT2D eigenvalue weighted by molar-refractivity contribution is 0.173. The molecule has 0 saturated carbocycles. The van der Waals surface area contributed by atoms with Gasteiger partial charge in [-0.2, -0.15) is 5.10 Å². The molecule has 2 aromatic rings. The van der Waals surface area contributed by atoms with E-state index < -0.39 is 6.10 Å². The molecule has 0 bridgehead atoms. The van der Waals surface area contributed by atoms with E-state index in [1.807, 2.05) is 25.5 Å². The SMILES string of the molecule is CCc1nn(CC)c(CC(O)c2ccoc2C)c1Cl. The summed E-state index contributed by atoms with van der Waals surface area (Å²) in [5, 5.41) is 15.4. The van der Waals surface area contributed by atoms with Gasteiger partial charge in [0.05, 0.1) is 28.8 Å². The van der Waals surface area contributed by atoms with Crippen LogP contribution in [0.3, 0.4) is 0 Å². The summed E-state index contributed by atoms with van der Waals surface area (Å²) < 4.78 is 7.08. The van der Waals surface area contributed by atoms with E-state index in [9.17, 15) is 5.11 Å². The molecule has 0 amide bonds. The molecular weight excluding hydrogens is 264 g/mol. The third kappa shape index (κ3) is 2.69. The third-order valence-corrected chi connectivity index (χ3v) is 3.78. The fraction of sp³-hybridized carbons (Fsp3) is 0.500. The van der Waals surface area contributed by atoms with Gasteiger partial charge in [0.1, 0.15) is 5.76 Å². The van der Waals surface area contributed by atoms with Crippen LogP contribution in [0.2, 0.25) is 5.02 Å². The molecule has 5 heteroatoms. The van der Waals surface area contributed by atoms with E-state index in [4.69, 9.17) is 16.0 Å². The molecule has 0 aliphatic heterocycles. The number of hydrogen-bond donors (Lipinski definition) is 1. The summed E-state index contributed by atoms with van der Waals surface area (Å²) in [6.07, 6.45) is 2.20. The monoisotopic (exact) mass is 282 g/mol. The van der Waals surface area contributed by atoms with Crippen LogP contribution in [0, 0.1) is 6.92 Å². The summed E-state index contributed by atoms with van der Waals surface area (Å²) in [6.45, 7) is 6.62. The van der Waals surface area contributed by atoms with Gasteiger partial charge in [0.2, 0.25) is 0 Å². The highest BCUT2D eigenvalue weighted by Crippen LogP contribution is 2.28. The molecule has 19 heavy (non-hydrogen) atoms. The molecule has 0 fully saturated rings. The maximum atomic E-state index is 10.3. The highest BCUT2D eigenvalue weighted by atomic mass is 35.5. The van der Waals surface area contributed by atoms with Crippen LogP contribution in [0.1, 0.15) is 42.7 Å². The third-order valence-electron chi connectivity index (χ3n) is 3.34. The zero-order valence-electron chi connectivity index (χ0n) is 11.5. The average Bonchev–Trinajstić information content (AvgIpc) is 2.95. The Labute approximate surface area is 118 Å². The van der Waals surface area contributed by atoms with Crippen molar-refractivity contribution in [2.45, 2.75) is 46.3 Å². The highest BCUT2D eigenvalue weighted by Gasteiger charge is 2.20. The number of hydrogen-bond acceptors (Lipinski definition) is 3. The van der Waals surface area contributed by atoms with Crippen LogP contribution < -0.4 is 0 Å². The molecule has 0 radical (unpaired) electrons. The van der Waals surface area contributed by atoms with Gasteiger partial charge in [0.15, 0.2) is 0 Å². The molecule has 0 aliphatic rings. The Morgan fingerprint density at radius 3 is 2.74 bits per heavy atom. The molecule has 1 unspecified atom stereocenters. The zero-order chi connectivity index (χ0) is 14.0. The molecular formula is C14H19ClN2O2. The van der Waals surface area contributed by atoms with Crippen molar-refractivity contribution in [2.75, 3.05) is 0 Å². The van der Waals surface area contributed by atoms with Gasteiger partial charge in [-0.05, 0) is 26.3 Å². The van der Waals surface area contributed by atoms with Gasteiger partial charge in [-0.15, -0.1) is 0 Å². The normalized spacial score (nSPS) is 12.9. The van der Waals surface area contributed by atoms with Gasteiger partial charge < -0.3 is 9.52 Å². The lowest BCUT2D eigenvalue weighted by Crippen LogP contribution is -2.09. The summed E-state index contributed by atoms with van der Waals surface area (Å²) >= 11 is 6.34. The van der Waals surface area contributed by atoms with Crippen LogP contribution >= 0.6 is 11.6 Å². The quantitative estimate of drug-likeness (QED) is 0.915. The Morgan fingerprint density at radius 2 is 2.21 bits per heavy atom. The van der Waals surface area contributed by atoms with Crippen molar-refractivity contribution >= 4 is 11.6 Å². The second-order valence-corrected chi connectivity index (χ2v) is 4.91. The second kappa shape index (κ2) is 5.80. The summed E-state index contributed by atoms with van der Waals surface area (Å²) in [6, 6.07) is 1.79. The molecule has 104 valence electrons. The Bertz CT molecular complexity index is 560. The van der Waals surface area contributed by atoms with E-state index in [0.717, 1.165) is 35.7 Å². The minimum Gasteiger partial charge on any atom is -0.469 e. The summed E-state index contributed by atoms with van der Waals surface area (Å²) in [7, 11) is 0. The predicted molar refractivity (Wildman–Crippen MR) is 74.4 cm³/mol. The van der Waals surface area contributed by atoms with Crippen LogP contribution in [-0.4, -0.2) is 14.9 Å². The fourth-order valence-corrected chi connectivity index (χ4v) is 2.59. The summed E-state index contributed by atoms with van der Waals surface area (Å²) in [4.78, 5) is 0. The number of halogens is 1. The molecule has 1 N–H and O–H groups in total. The zero-order valence-corrected chi connectivity index (χ0v) is 12.2. The topological polar surface area (TPSA) is 51.2 Å². The van der Waals surface area contributed by atoms with Crippen LogP contribution in [0.5, 0.6) is 0 Å². The van der Waals surface area contributed by atoms with Gasteiger partial charge >= 0.3 is 0 Å². The fourth-order valence-electron chi connectivity index (χ4n) is 2.25. The Kier molecular flexibility index (Phi) is 4.32. The van der Waals surface area contributed by atoms with Crippen molar-refractivity contribution in [1.82, 2.24) is 9.78 Å². The molecule has 2 aromatic heterocycles. The number of nitrogens with zero attached hydrogens (tertiary/aromatic N) is 2. The Morgan fingerprint density at radius 1 is 1.47 bits per heavy atom. The molecule has 4 nitrogen and oxygen atoms in total. The molecule has 0 spiro atoms. The van der Waals surface area contributed by atoms with Gasteiger partial charge in [-0.25, -0.2) is 0 Å². The molecule has 0 saturated heterocycles. The van der Waals surface area contributed by atoms with E-state index in [-0.39, 0.29) is 0 Å². The summed E-state index contributed by atoms with van der Waals surface area (Å²) in [5.41, 5.74) is 2.57. The van der Waals surface area contributed by atoms with Crippen molar-refractivity contribution in [1.29, 1.82) is 0 Å². The minimum absolute atomic E-state index is 0.444. The minimum atomic E-state index is -0.622. The van der Waals surface area contributed by atoms with Gasteiger partial charge in [-0.3, -0.25) is 4.68 Å². The number of rotatable bonds is 5. The number of aryl methyl sites for hydroxylation is 3. The van der Waals surface area contributed by atoms with Crippen molar-refractivity contribution < 1.29 is 9.52 Å². The van der Waals surface area contributed by atoms with E-state index in [2.05, 4.69) is 5.10 Å². The lowest BCUT2D eigenvalue weighted by atomic mass is 10.1. The van der Waals surface area contributed by atoms with E-state index in [1.165, 1.54) is 0 Å². The Hall–Kier alpha value is -1.26. The maximum Gasteiger partial charge on any atom is 0.106 e. The molecule has 0 aromatic carbocycles. The predicted octanol–water partition coefficient (Wildman–Crippen LogP) is 3.30. The first-order chi connectivity index (χ1) is 9.08.